The lowest BCUT2D eigenvalue weighted by Crippen LogP contribution is -2.54. The normalized spacial score (nSPS) is 26.3. The molecule has 180 valence electrons. The van der Waals surface area contributed by atoms with Crippen LogP contribution in [0.3, 0.4) is 0 Å². The summed E-state index contributed by atoms with van der Waals surface area (Å²) in [4.78, 5) is 11.0. The summed E-state index contributed by atoms with van der Waals surface area (Å²) in [6.45, 7) is 0. The highest BCUT2D eigenvalue weighted by Gasteiger charge is 2.55. The summed E-state index contributed by atoms with van der Waals surface area (Å²) < 4.78 is 6.90. The maximum atomic E-state index is 6.90. The van der Waals surface area contributed by atoms with Crippen LogP contribution in [0.1, 0.15) is 36.0 Å². The van der Waals surface area contributed by atoms with Crippen LogP contribution >= 0.6 is 11.6 Å². The molecule has 0 radical (unpaired) electrons. The Morgan fingerprint density at radius 2 is 1.89 bits per heavy atom. The fourth-order valence-corrected chi connectivity index (χ4v) is 6.15. The standard InChI is InChI=1S/C28H29ClN4O2/c1-31-26-32-28(35-33(26)2)17-27(11-5-8-18-6-3-4-7-20(18)16-27)34-25-10-9-19(14-24(25)28)21-12-22(29)15-23(30)13-21/h3-4,6-7,9-10,12-15H,5,8,11,16-17,30H2,1-2H3,(H,31,32). The van der Waals surface area contributed by atoms with Crippen molar-refractivity contribution in [3.05, 3.63) is 82.4 Å². The number of hydrogen-bond donors (Lipinski definition) is 2. The van der Waals surface area contributed by atoms with Gasteiger partial charge < -0.3 is 15.8 Å². The molecular formula is C28H29ClN4O2. The van der Waals surface area contributed by atoms with Gasteiger partial charge in [0.15, 0.2) is 0 Å². The summed E-state index contributed by atoms with van der Waals surface area (Å²) in [5.41, 5.74) is 11.2. The van der Waals surface area contributed by atoms with Gasteiger partial charge in [0.05, 0.1) is 0 Å². The van der Waals surface area contributed by atoms with Gasteiger partial charge in [0.2, 0.25) is 11.7 Å². The lowest BCUT2D eigenvalue weighted by Gasteiger charge is -2.46. The van der Waals surface area contributed by atoms with E-state index in [9.17, 15) is 0 Å². The average Bonchev–Trinajstić information content (AvgIpc) is 3.03. The van der Waals surface area contributed by atoms with E-state index in [1.165, 1.54) is 11.1 Å². The maximum Gasteiger partial charge on any atom is 0.220 e. The number of aliphatic imine (C=N–C) groups is 1. The summed E-state index contributed by atoms with van der Waals surface area (Å²) in [7, 11) is 3.65. The van der Waals surface area contributed by atoms with Crippen LogP contribution in [-0.4, -0.2) is 30.7 Å². The minimum atomic E-state index is -0.795. The lowest BCUT2D eigenvalue weighted by atomic mass is 9.78. The molecule has 0 aromatic heterocycles. The number of aryl methyl sites for hydroxylation is 1. The minimum absolute atomic E-state index is 0.390. The second-order valence-electron chi connectivity index (χ2n) is 9.83. The highest BCUT2D eigenvalue weighted by molar-refractivity contribution is 6.31. The number of nitrogens with zero attached hydrogens (tertiary/aromatic N) is 2. The zero-order chi connectivity index (χ0) is 24.2. The van der Waals surface area contributed by atoms with Crippen LogP contribution in [-0.2, 0) is 23.4 Å². The molecule has 35 heavy (non-hydrogen) atoms. The number of nitrogen functional groups attached to an aromatic ring is 1. The first-order valence-corrected chi connectivity index (χ1v) is 12.4. The van der Waals surface area contributed by atoms with E-state index in [1.807, 2.05) is 25.2 Å². The van der Waals surface area contributed by atoms with Gasteiger partial charge in [0.25, 0.3) is 0 Å². The van der Waals surface area contributed by atoms with E-state index in [-0.39, 0.29) is 0 Å². The monoisotopic (exact) mass is 488 g/mol. The molecule has 1 fully saturated rings. The molecular weight excluding hydrogens is 460 g/mol. The molecule has 1 aliphatic carbocycles. The summed E-state index contributed by atoms with van der Waals surface area (Å²) >= 11 is 6.31. The predicted octanol–water partition coefficient (Wildman–Crippen LogP) is 5.29. The zero-order valence-electron chi connectivity index (χ0n) is 20.0. The highest BCUT2D eigenvalue weighted by atomic mass is 35.5. The van der Waals surface area contributed by atoms with E-state index in [1.54, 1.807) is 18.2 Å². The molecule has 6 nitrogen and oxygen atoms in total. The lowest BCUT2D eigenvalue weighted by molar-refractivity contribution is -0.204. The first-order chi connectivity index (χ1) is 16.9. The van der Waals surface area contributed by atoms with Crippen molar-refractivity contribution in [2.45, 2.75) is 43.4 Å². The van der Waals surface area contributed by atoms with Gasteiger partial charge in [-0.25, -0.2) is 9.90 Å². The van der Waals surface area contributed by atoms with E-state index < -0.39 is 11.3 Å². The Bertz CT molecular complexity index is 1320. The van der Waals surface area contributed by atoms with Gasteiger partial charge in [-0.1, -0.05) is 41.9 Å². The van der Waals surface area contributed by atoms with Crippen molar-refractivity contribution in [2.75, 3.05) is 19.8 Å². The molecule has 2 spiro atoms. The average molecular weight is 489 g/mol. The number of nitrogens with one attached hydrogen (secondary N) is 1. The number of nitrogens with two attached hydrogens (primary N) is 1. The number of hydrogen-bond acceptors (Lipinski definition) is 4. The third-order valence-electron chi connectivity index (χ3n) is 7.39. The van der Waals surface area contributed by atoms with Crippen molar-refractivity contribution in [3.63, 3.8) is 0 Å². The number of ether oxygens (including phenoxy) is 1. The van der Waals surface area contributed by atoms with E-state index in [0.29, 0.717) is 23.1 Å². The van der Waals surface area contributed by atoms with E-state index >= 15 is 0 Å². The zero-order valence-corrected chi connectivity index (χ0v) is 20.7. The Morgan fingerprint density at radius 3 is 2.66 bits per heavy atom. The van der Waals surface area contributed by atoms with E-state index in [0.717, 1.165) is 48.1 Å². The van der Waals surface area contributed by atoms with Crippen LogP contribution in [0.2, 0.25) is 5.02 Å². The smallest absolute Gasteiger partial charge is 0.220 e. The first kappa shape index (κ1) is 22.3. The number of hydroxylamine groups is 2. The summed E-state index contributed by atoms with van der Waals surface area (Å²) in [6.07, 6.45) is 4.57. The van der Waals surface area contributed by atoms with E-state index in [2.05, 4.69) is 46.7 Å². The van der Waals surface area contributed by atoms with Gasteiger partial charge in [-0.05, 0) is 71.8 Å². The summed E-state index contributed by atoms with van der Waals surface area (Å²) in [5, 5.41) is 5.93. The van der Waals surface area contributed by atoms with Crippen molar-refractivity contribution >= 4 is 23.2 Å². The van der Waals surface area contributed by atoms with Gasteiger partial charge >= 0.3 is 0 Å². The molecule has 2 unspecified atom stereocenters. The Morgan fingerprint density at radius 1 is 1.06 bits per heavy atom. The van der Waals surface area contributed by atoms with Crippen LogP contribution in [0.5, 0.6) is 5.75 Å². The molecule has 7 heteroatoms. The third-order valence-corrected chi connectivity index (χ3v) is 7.61. The van der Waals surface area contributed by atoms with Crippen LogP contribution in [0, 0.1) is 0 Å². The molecule has 0 amide bonds. The number of rotatable bonds is 1. The molecule has 2 atom stereocenters. The molecule has 3 aromatic carbocycles. The summed E-state index contributed by atoms with van der Waals surface area (Å²) in [5.74, 6) is 1.52. The maximum absolute atomic E-state index is 6.90. The fraction of sp³-hybridized carbons (Fsp3) is 0.321. The Labute approximate surface area is 210 Å². The number of guanidine groups is 1. The number of halogens is 1. The Kier molecular flexibility index (Phi) is 5.20. The van der Waals surface area contributed by atoms with Crippen molar-refractivity contribution in [1.82, 2.24) is 10.4 Å². The number of benzene rings is 3. The van der Waals surface area contributed by atoms with Crippen LogP contribution in [0.4, 0.5) is 5.69 Å². The van der Waals surface area contributed by atoms with Crippen LogP contribution in [0.25, 0.3) is 11.1 Å². The quantitative estimate of drug-likeness (QED) is 0.455. The van der Waals surface area contributed by atoms with Crippen LogP contribution < -0.4 is 15.8 Å². The van der Waals surface area contributed by atoms with Gasteiger partial charge in [0.1, 0.15) is 11.4 Å². The van der Waals surface area contributed by atoms with Gasteiger partial charge in [0, 0.05) is 43.2 Å². The molecule has 6 rings (SSSR count). The molecule has 3 N–H and O–H groups in total. The SMILES string of the molecule is CN=C1NC2(CC3(CCCc4ccccc4C3)Oc3ccc(-c4cc(N)cc(Cl)c4)cc32)ON1C. The molecule has 0 saturated carbocycles. The predicted molar refractivity (Wildman–Crippen MR) is 139 cm³/mol. The van der Waals surface area contributed by atoms with Crippen molar-refractivity contribution in [3.8, 4) is 16.9 Å². The second-order valence-corrected chi connectivity index (χ2v) is 10.3. The van der Waals surface area contributed by atoms with Crippen molar-refractivity contribution in [2.24, 2.45) is 4.99 Å². The Hall–Kier alpha value is -3.22. The van der Waals surface area contributed by atoms with Crippen molar-refractivity contribution < 1.29 is 9.57 Å². The van der Waals surface area contributed by atoms with Crippen LogP contribution in [0.15, 0.2) is 65.7 Å². The molecule has 3 aliphatic rings. The number of fused-ring (bicyclic) bond motifs is 3. The molecule has 0 bridgehead atoms. The van der Waals surface area contributed by atoms with Gasteiger partial charge in [-0.2, -0.15) is 0 Å². The fourth-order valence-electron chi connectivity index (χ4n) is 5.91. The topological polar surface area (TPSA) is 72.1 Å². The van der Waals surface area contributed by atoms with Gasteiger partial charge in [-0.15, -0.1) is 0 Å². The highest BCUT2D eigenvalue weighted by Crippen LogP contribution is 2.51. The van der Waals surface area contributed by atoms with Gasteiger partial charge in [-0.3, -0.25) is 4.99 Å². The minimum Gasteiger partial charge on any atom is -0.486 e. The number of anilines is 1. The molecule has 2 aliphatic heterocycles. The molecule has 2 heterocycles. The molecule has 1 saturated heterocycles. The van der Waals surface area contributed by atoms with E-state index in [4.69, 9.17) is 26.9 Å². The first-order valence-electron chi connectivity index (χ1n) is 12.0. The molecule has 3 aromatic rings. The van der Waals surface area contributed by atoms with Crippen molar-refractivity contribution in [1.29, 1.82) is 0 Å². The second kappa shape index (κ2) is 8.18. The Balaban J connectivity index is 1.48. The largest absolute Gasteiger partial charge is 0.486 e. The summed E-state index contributed by atoms with van der Waals surface area (Å²) in [6, 6.07) is 20.6. The third kappa shape index (κ3) is 3.81.